The van der Waals surface area contributed by atoms with Crippen molar-refractivity contribution in [3.05, 3.63) is 23.5 Å². The van der Waals surface area contributed by atoms with Crippen LogP contribution in [-0.2, 0) is 11.2 Å². The maximum Gasteiger partial charge on any atom is 0.228 e. The minimum Gasteiger partial charge on any atom is -0.342 e. The highest BCUT2D eigenvalue weighted by Gasteiger charge is 2.21. The van der Waals surface area contributed by atoms with Crippen molar-refractivity contribution in [3.8, 4) is 0 Å². The molecule has 1 amide bonds. The average molecular weight is 263 g/mol. The van der Waals surface area contributed by atoms with Gasteiger partial charge in [0.2, 0.25) is 5.91 Å². The molecular weight excluding hydrogens is 246 g/mol. The fraction of sp³-hybridized carbons (Fsp3) is 0.538. The Balaban J connectivity index is 1.68. The van der Waals surface area contributed by atoms with Gasteiger partial charge >= 0.3 is 0 Å². The third-order valence-electron chi connectivity index (χ3n) is 3.49. The van der Waals surface area contributed by atoms with E-state index < -0.39 is 0 Å². The normalized spacial score (nSPS) is 20.5. The van der Waals surface area contributed by atoms with Crippen LogP contribution in [-0.4, -0.2) is 33.3 Å². The molecule has 5 heteroatoms. The zero-order chi connectivity index (χ0) is 12.5. The molecule has 4 nitrogen and oxygen atoms in total. The second-order valence-electron chi connectivity index (χ2n) is 5.09. The molecule has 0 bridgehead atoms. The molecule has 1 aliphatic rings. The third kappa shape index (κ3) is 2.27. The number of hydrogen-bond acceptors (Lipinski definition) is 3. The van der Waals surface area contributed by atoms with Crippen molar-refractivity contribution in [1.29, 1.82) is 0 Å². The van der Waals surface area contributed by atoms with E-state index in [0.29, 0.717) is 12.3 Å². The number of amides is 1. The van der Waals surface area contributed by atoms with Crippen molar-refractivity contribution < 1.29 is 4.79 Å². The second-order valence-corrected chi connectivity index (χ2v) is 5.96. The molecule has 1 atom stereocenters. The fourth-order valence-electron chi connectivity index (χ4n) is 2.54. The van der Waals surface area contributed by atoms with E-state index in [2.05, 4.69) is 11.9 Å². The maximum absolute atomic E-state index is 12.2. The Morgan fingerprint density at radius 1 is 1.61 bits per heavy atom. The number of thiazole rings is 1. The Morgan fingerprint density at radius 2 is 2.50 bits per heavy atom. The summed E-state index contributed by atoms with van der Waals surface area (Å²) in [5.74, 6) is 0.848. The van der Waals surface area contributed by atoms with Crippen molar-refractivity contribution in [2.75, 3.05) is 13.1 Å². The molecule has 3 heterocycles. The fourth-order valence-corrected chi connectivity index (χ4v) is 3.26. The van der Waals surface area contributed by atoms with E-state index in [-0.39, 0.29) is 5.91 Å². The highest BCUT2D eigenvalue weighted by atomic mass is 32.1. The van der Waals surface area contributed by atoms with Crippen LogP contribution in [0.15, 0.2) is 17.8 Å². The highest BCUT2D eigenvalue weighted by Crippen LogP contribution is 2.17. The maximum atomic E-state index is 12.2. The number of hydrogen-bond donors (Lipinski definition) is 0. The van der Waals surface area contributed by atoms with Crippen LogP contribution >= 0.6 is 11.3 Å². The Bertz CT molecular complexity index is 531. The van der Waals surface area contributed by atoms with Gasteiger partial charge in [-0.2, -0.15) is 0 Å². The van der Waals surface area contributed by atoms with Crippen LogP contribution in [0.4, 0.5) is 0 Å². The van der Waals surface area contributed by atoms with Crippen molar-refractivity contribution in [2.45, 2.75) is 26.2 Å². The van der Waals surface area contributed by atoms with E-state index >= 15 is 0 Å². The number of nitrogens with zero attached hydrogens (tertiary/aromatic N) is 3. The minimum absolute atomic E-state index is 0.215. The molecule has 0 spiro atoms. The lowest BCUT2D eigenvalue weighted by Gasteiger charge is -2.30. The number of rotatable bonds is 2. The van der Waals surface area contributed by atoms with Gasteiger partial charge in [-0.25, -0.2) is 4.98 Å². The van der Waals surface area contributed by atoms with Gasteiger partial charge in [-0.3, -0.25) is 9.20 Å². The summed E-state index contributed by atoms with van der Waals surface area (Å²) in [6.07, 6.45) is 6.73. The van der Waals surface area contributed by atoms with Gasteiger partial charge in [0.05, 0.1) is 12.1 Å². The van der Waals surface area contributed by atoms with Crippen LogP contribution in [0.3, 0.4) is 0 Å². The van der Waals surface area contributed by atoms with E-state index in [0.717, 1.165) is 30.2 Å². The number of fused-ring (bicyclic) bond motifs is 1. The summed E-state index contributed by atoms with van der Waals surface area (Å²) >= 11 is 1.60. The summed E-state index contributed by atoms with van der Waals surface area (Å²) in [5.41, 5.74) is 0.880. The van der Waals surface area contributed by atoms with Gasteiger partial charge in [0, 0.05) is 30.9 Å². The molecule has 1 fully saturated rings. The van der Waals surface area contributed by atoms with Gasteiger partial charge in [0.15, 0.2) is 4.96 Å². The Hall–Kier alpha value is -1.36. The number of imidazole rings is 1. The van der Waals surface area contributed by atoms with E-state index in [1.54, 1.807) is 11.3 Å². The van der Waals surface area contributed by atoms with Crippen LogP contribution in [0.25, 0.3) is 4.96 Å². The first kappa shape index (κ1) is 11.7. The standard InChI is InChI=1S/C13H17N3OS/c1-10-3-2-4-15(8-10)12(17)7-11-9-16-5-6-18-13(16)14-11/h5-6,9-10H,2-4,7-8H2,1H3. The SMILES string of the molecule is CC1CCCN(C(=O)Cc2cn3ccsc3n2)C1. The summed E-state index contributed by atoms with van der Waals surface area (Å²) in [6.45, 7) is 4.03. The first-order chi connectivity index (χ1) is 8.72. The first-order valence-electron chi connectivity index (χ1n) is 6.41. The van der Waals surface area contributed by atoms with Crippen molar-refractivity contribution in [3.63, 3.8) is 0 Å². The number of piperidine rings is 1. The zero-order valence-electron chi connectivity index (χ0n) is 10.5. The molecule has 1 saturated heterocycles. The molecule has 1 unspecified atom stereocenters. The van der Waals surface area contributed by atoms with Gasteiger partial charge in [0.1, 0.15) is 0 Å². The molecule has 0 saturated carbocycles. The van der Waals surface area contributed by atoms with Gasteiger partial charge < -0.3 is 4.90 Å². The van der Waals surface area contributed by atoms with Crippen molar-refractivity contribution >= 4 is 22.2 Å². The van der Waals surface area contributed by atoms with Gasteiger partial charge in [-0.15, -0.1) is 11.3 Å². The molecule has 96 valence electrons. The molecule has 1 aliphatic heterocycles. The number of carbonyl (C=O) groups is 1. The van der Waals surface area contributed by atoms with Gasteiger partial charge in [-0.1, -0.05) is 6.92 Å². The summed E-state index contributed by atoms with van der Waals surface area (Å²) in [4.78, 5) is 19.6. The van der Waals surface area contributed by atoms with Crippen LogP contribution < -0.4 is 0 Å². The van der Waals surface area contributed by atoms with E-state index in [1.807, 2.05) is 27.1 Å². The molecule has 0 N–H and O–H groups in total. The average Bonchev–Trinajstić information content (AvgIpc) is 2.89. The van der Waals surface area contributed by atoms with Gasteiger partial charge in [-0.05, 0) is 18.8 Å². The van der Waals surface area contributed by atoms with E-state index in [4.69, 9.17) is 0 Å². The predicted octanol–water partition coefficient (Wildman–Crippen LogP) is 2.20. The Kier molecular flexibility index (Phi) is 3.07. The zero-order valence-corrected chi connectivity index (χ0v) is 11.3. The number of likely N-dealkylation sites (tertiary alicyclic amines) is 1. The molecule has 0 aliphatic carbocycles. The quantitative estimate of drug-likeness (QED) is 0.833. The monoisotopic (exact) mass is 263 g/mol. The molecule has 2 aromatic rings. The molecular formula is C13H17N3OS. The molecule has 0 aromatic carbocycles. The summed E-state index contributed by atoms with van der Waals surface area (Å²) < 4.78 is 1.98. The topological polar surface area (TPSA) is 37.6 Å². The van der Waals surface area contributed by atoms with Gasteiger partial charge in [0.25, 0.3) is 0 Å². The summed E-state index contributed by atoms with van der Waals surface area (Å²) in [7, 11) is 0. The largest absolute Gasteiger partial charge is 0.342 e. The first-order valence-corrected chi connectivity index (χ1v) is 7.29. The Morgan fingerprint density at radius 3 is 3.28 bits per heavy atom. The summed E-state index contributed by atoms with van der Waals surface area (Å²) in [5, 5.41) is 2.00. The van der Waals surface area contributed by atoms with E-state index in [9.17, 15) is 4.79 Å². The third-order valence-corrected chi connectivity index (χ3v) is 4.26. The molecule has 18 heavy (non-hydrogen) atoms. The second kappa shape index (κ2) is 4.72. The van der Waals surface area contributed by atoms with Crippen molar-refractivity contribution in [2.24, 2.45) is 5.92 Å². The van der Waals surface area contributed by atoms with E-state index in [1.165, 1.54) is 6.42 Å². The lowest BCUT2D eigenvalue weighted by molar-refractivity contribution is -0.132. The van der Waals surface area contributed by atoms with Crippen LogP contribution in [0.1, 0.15) is 25.5 Å². The van der Waals surface area contributed by atoms with Crippen LogP contribution in [0.2, 0.25) is 0 Å². The highest BCUT2D eigenvalue weighted by molar-refractivity contribution is 7.15. The van der Waals surface area contributed by atoms with Crippen LogP contribution in [0, 0.1) is 5.92 Å². The smallest absolute Gasteiger partial charge is 0.228 e. The van der Waals surface area contributed by atoms with Crippen LogP contribution in [0.5, 0.6) is 0 Å². The predicted molar refractivity (Wildman–Crippen MR) is 71.8 cm³/mol. The Labute approximate surface area is 110 Å². The lowest BCUT2D eigenvalue weighted by Crippen LogP contribution is -2.39. The molecule has 3 rings (SSSR count). The minimum atomic E-state index is 0.215. The molecule has 2 aromatic heterocycles. The number of aromatic nitrogens is 2. The number of carbonyl (C=O) groups excluding carboxylic acids is 1. The van der Waals surface area contributed by atoms with Crippen molar-refractivity contribution in [1.82, 2.24) is 14.3 Å². The summed E-state index contributed by atoms with van der Waals surface area (Å²) in [6, 6.07) is 0. The molecule has 0 radical (unpaired) electrons. The lowest BCUT2D eigenvalue weighted by atomic mass is 10.00.